The number of aromatic nitrogens is 1. The maximum atomic E-state index is 12.4. The number of benzene rings is 1. The number of rotatable bonds is 2. The number of amides is 1. The minimum atomic E-state index is -0.0452. The Hall–Kier alpha value is -1.69. The molecule has 130 valence electrons. The van der Waals surface area contributed by atoms with E-state index in [1.807, 2.05) is 36.6 Å². The lowest BCUT2D eigenvalue weighted by molar-refractivity contribution is -0.121. The topological polar surface area (TPSA) is 37.6 Å². The number of aliphatic imine (C=N–C) groups is 1. The van der Waals surface area contributed by atoms with Crippen molar-refractivity contribution in [2.75, 3.05) is 14.1 Å². The third-order valence-electron chi connectivity index (χ3n) is 4.10. The lowest BCUT2D eigenvalue weighted by atomic mass is 10.2. The SMILES string of the molecule is CN=C1S/C(=C\c2cc(C)n(-c3cc(Cl)ccc3Cl)c2C)C(=O)N1C. The molecule has 0 atom stereocenters. The first-order valence-electron chi connectivity index (χ1n) is 7.62. The molecule has 3 rings (SSSR count). The van der Waals surface area contributed by atoms with E-state index in [9.17, 15) is 4.79 Å². The monoisotopic (exact) mass is 393 g/mol. The molecular weight excluding hydrogens is 377 g/mol. The van der Waals surface area contributed by atoms with Crippen LogP contribution in [0.2, 0.25) is 10.0 Å². The van der Waals surface area contributed by atoms with E-state index < -0.39 is 0 Å². The summed E-state index contributed by atoms with van der Waals surface area (Å²) in [6.45, 7) is 4.00. The highest BCUT2D eigenvalue weighted by molar-refractivity contribution is 8.18. The van der Waals surface area contributed by atoms with E-state index in [4.69, 9.17) is 23.2 Å². The number of halogens is 2. The number of hydrogen-bond acceptors (Lipinski definition) is 3. The van der Waals surface area contributed by atoms with Crippen molar-refractivity contribution in [1.82, 2.24) is 9.47 Å². The van der Waals surface area contributed by atoms with Crippen LogP contribution in [0, 0.1) is 13.8 Å². The van der Waals surface area contributed by atoms with Crippen molar-refractivity contribution < 1.29 is 4.79 Å². The second-order valence-electron chi connectivity index (χ2n) is 5.74. The van der Waals surface area contributed by atoms with Gasteiger partial charge in [0.2, 0.25) is 0 Å². The normalized spacial score (nSPS) is 18.0. The average Bonchev–Trinajstić information content (AvgIpc) is 3.00. The zero-order valence-electron chi connectivity index (χ0n) is 14.3. The van der Waals surface area contributed by atoms with Crippen molar-refractivity contribution >= 4 is 52.1 Å². The predicted molar refractivity (Wildman–Crippen MR) is 107 cm³/mol. The molecule has 0 aliphatic carbocycles. The van der Waals surface area contributed by atoms with Crippen LogP contribution >= 0.6 is 35.0 Å². The minimum absolute atomic E-state index is 0.0452. The molecule has 2 heterocycles. The second-order valence-corrected chi connectivity index (χ2v) is 7.59. The summed E-state index contributed by atoms with van der Waals surface area (Å²) in [4.78, 5) is 18.7. The van der Waals surface area contributed by atoms with Gasteiger partial charge in [-0.15, -0.1) is 0 Å². The Morgan fingerprint density at radius 3 is 2.56 bits per heavy atom. The minimum Gasteiger partial charge on any atom is -0.316 e. The van der Waals surface area contributed by atoms with E-state index in [0.29, 0.717) is 20.1 Å². The van der Waals surface area contributed by atoms with Gasteiger partial charge in [-0.25, -0.2) is 0 Å². The summed E-state index contributed by atoms with van der Waals surface area (Å²) in [7, 11) is 3.41. The highest BCUT2D eigenvalue weighted by Crippen LogP contribution is 2.34. The first kappa shape index (κ1) is 18.1. The van der Waals surface area contributed by atoms with Crippen LogP contribution in [0.1, 0.15) is 17.0 Å². The summed E-state index contributed by atoms with van der Waals surface area (Å²) in [5.41, 5.74) is 3.80. The summed E-state index contributed by atoms with van der Waals surface area (Å²) in [6, 6.07) is 7.42. The molecule has 1 aromatic heterocycles. The zero-order chi connectivity index (χ0) is 18.3. The molecule has 1 saturated heterocycles. The van der Waals surface area contributed by atoms with Crippen LogP contribution in [-0.2, 0) is 4.79 Å². The van der Waals surface area contributed by atoms with E-state index in [0.717, 1.165) is 22.6 Å². The van der Waals surface area contributed by atoms with Gasteiger partial charge in [-0.3, -0.25) is 14.7 Å². The van der Waals surface area contributed by atoms with Gasteiger partial charge in [0.25, 0.3) is 5.91 Å². The van der Waals surface area contributed by atoms with Gasteiger partial charge in [0.05, 0.1) is 15.6 Å². The molecule has 2 aromatic rings. The number of amidine groups is 1. The van der Waals surface area contributed by atoms with Gasteiger partial charge in [-0.2, -0.15) is 0 Å². The number of hydrogen-bond donors (Lipinski definition) is 0. The third kappa shape index (κ3) is 3.24. The zero-order valence-corrected chi connectivity index (χ0v) is 16.6. The van der Waals surface area contributed by atoms with E-state index in [1.165, 1.54) is 11.8 Å². The Bertz CT molecular complexity index is 931. The standard InChI is InChI=1S/C18H17Cl2N3OS/c1-10-7-12(8-16-17(24)22(4)18(21-3)25-16)11(2)23(10)15-9-13(19)5-6-14(15)20/h5-9H,1-4H3/b16-8-,21-18?. The summed E-state index contributed by atoms with van der Waals surface area (Å²) >= 11 is 13.9. The Labute approximate surface area is 161 Å². The molecule has 1 aliphatic heterocycles. The number of thioether (sulfide) groups is 1. The third-order valence-corrected chi connectivity index (χ3v) is 5.81. The van der Waals surface area contributed by atoms with Gasteiger partial charge in [-0.1, -0.05) is 23.2 Å². The Balaban J connectivity index is 2.08. The van der Waals surface area contributed by atoms with Crippen LogP contribution in [-0.4, -0.2) is 34.6 Å². The fourth-order valence-corrected chi connectivity index (χ4v) is 4.14. The number of nitrogens with zero attached hydrogens (tertiary/aromatic N) is 3. The van der Waals surface area contributed by atoms with Crippen molar-refractivity contribution in [2.45, 2.75) is 13.8 Å². The van der Waals surface area contributed by atoms with Crippen molar-refractivity contribution in [3.05, 3.63) is 56.2 Å². The molecule has 0 saturated carbocycles. The molecule has 1 amide bonds. The van der Waals surface area contributed by atoms with Gasteiger partial charge in [0, 0.05) is 30.5 Å². The number of carbonyl (C=O) groups is 1. The summed E-state index contributed by atoms with van der Waals surface area (Å²) in [5.74, 6) is -0.0452. The lowest BCUT2D eigenvalue weighted by Crippen LogP contribution is -2.23. The largest absolute Gasteiger partial charge is 0.316 e. The van der Waals surface area contributed by atoms with Crippen LogP contribution in [0.4, 0.5) is 0 Å². The fraction of sp³-hybridized carbons (Fsp3) is 0.222. The Morgan fingerprint density at radius 2 is 1.92 bits per heavy atom. The average molecular weight is 394 g/mol. The molecular formula is C18H17Cl2N3OS. The highest BCUT2D eigenvalue weighted by Gasteiger charge is 2.30. The molecule has 0 N–H and O–H groups in total. The highest BCUT2D eigenvalue weighted by atomic mass is 35.5. The van der Waals surface area contributed by atoms with Crippen molar-refractivity contribution in [3.63, 3.8) is 0 Å². The quantitative estimate of drug-likeness (QED) is 0.678. The molecule has 0 bridgehead atoms. The Morgan fingerprint density at radius 1 is 1.20 bits per heavy atom. The maximum Gasteiger partial charge on any atom is 0.266 e. The van der Waals surface area contributed by atoms with Crippen LogP contribution < -0.4 is 0 Å². The van der Waals surface area contributed by atoms with Gasteiger partial charge >= 0.3 is 0 Å². The molecule has 1 aromatic carbocycles. The Kier molecular flexibility index (Phi) is 5.00. The van der Waals surface area contributed by atoms with Gasteiger partial charge in [0.1, 0.15) is 0 Å². The van der Waals surface area contributed by atoms with E-state index in [-0.39, 0.29) is 5.91 Å². The second kappa shape index (κ2) is 6.90. The van der Waals surface area contributed by atoms with Crippen LogP contribution in [0.25, 0.3) is 11.8 Å². The first-order chi connectivity index (χ1) is 11.8. The maximum absolute atomic E-state index is 12.4. The van der Waals surface area contributed by atoms with Gasteiger partial charge in [0.15, 0.2) is 5.17 Å². The fourth-order valence-electron chi connectivity index (χ4n) is 2.85. The molecule has 1 fully saturated rings. The van der Waals surface area contributed by atoms with Crippen LogP contribution in [0.15, 0.2) is 34.2 Å². The van der Waals surface area contributed by atoms with E-state index in [2.05, 4.69) is 4.99 Å². The molecule has 0 unspecified atom stereocenters. The number of likely N-dealkylation sites (N-methyl/N-ethyl adjacent to an activating group) is 1. The van der Waals surface area contributed by atoms with Crippen molar-refractivity contribution in [3.8, 4) is 5.69 Å². The molecule has 0 radical (unpaired) electrons. The summed E-state index contributed by atoms with van der Waals surface area (Å²) in [6.07, 6.45) is 1.90. The molecule has 7 heteroatoms. The van der Waals surface area contributed by atoms with Crippen molar-refractivity contribution in [2.24, 2.45) is 4.99 Å². The summed E-state index contributed by atoms with van der Waals surface area (Å²) in [5, 5.41) is 1.94. The van der Waals surface area contributed by atoms with Crippen molar-refractivity contribution in [1.29, 1.82) is 0 Å². The van der Waals surface area contributed by atoms with Gasteiger partial charge in [-0.05, 0) is 61.5 Å². The van der Waals surface area contributed by atoms with E-state index >= 15 is 0 Å². The van der Waals surface area contributed by atoms with Gasteiger partial charge < -0.3 is 4.57 Å². The first-order valence-corrected chi connectivity index (χ1v) is 9.19. The number of carbonyl (C=O) groups excluding carboxylic acids is 1. The predicted octanol–water partition coefficient (Wildman–Crippen LogP) is 4.93. The number of aryl methyl sites for hydroxylation is 1. The van der Waals surface area contributed by atoms with Crippen LogP contribution in [0.5, 0.6) is 0 Å². The smallest absolute Gasteiger partial charge is 0.266 e. The molecule has 25 heavy (non-hydrogen) atoms. The molecule has 1 aliphatic rings. The van der Waals surface area contributed by atoms with Crippen LogP contribution in [0.3, 0.4) is 0 Å². The lowest BCUT2D eigenvalue weighted by Gasteiger charge is -2.12. The molecule has 0 spiro atoms. The molecule has 4 nitrogen and oxygen atoms in total. The van der Waals surface area contributed by atoms with E-state index in [1.54, 1.807) is 31.1 Å². The summed E-state index contributed by atoms with van der Waals surface area (Å²) < 4.78 is 2.04.